The maximum atomic E-state index is 7.38. The summed E-state index contributed by atoms with van der Waals surface area (Å²) in [5.74, 6) is 1.17. The van der Waals surface area contributed by atoms with E-state index in [0.29, 0.717) is 23.7 Å². The van der Waals surface area contributed by atoms with Crippen molar-refractivity contribution in [1.29, 1.82) is 0 Å². The van der Waals surface area contributed by atoms with Gasteiger partial charge >= 0.3 is 22.2 Å². The van der Waals surface area contributed by atoms with Crippen molar-refractivity contribution in [2.45, 2.75) is 22.2 Å². The second-order valence-corrected chi connectivity index (χ2v) is 5.62. The van der Waals surface area contributed by atoms with Crippen LogP contribution in [-0.2, 0) is 0 Å². The van der Waals surface area contributed by atoms with Gasteiger partial charge in [-0.2, -0.15) is 0 Å². The molecular formula is C12H4N4. The minimum atomic E-state index is -0.766. The lowest BCUT2D eigenvalue weighted by atomic mass is 8.91. The molecule has 0 heterocycles. The van der Waals surface area contributed by atoms with E-state index in [0.717, 1.165) is 0 Å². The average molecular weight is 204 g/mol. The predicted octanol–water partition coefficient (Wildman–Crippen LogP) is 1.15. The molecule has 0 atom stereocenters. The number of rotatable bonds is 0. The molecule has 0 N–H and O–H groups in total. The van der Waals surface area contributed by atoms with E-state index in [-0.39, 0.29) is 0 Å². The van der Waals surface area contributed by atoms with Crippen molar-refractivity contribution in [3.63, 3.8) is 0 Å². The van der Waals surface area contributed by atoms with Gasteiger partial charge in [-0.3, -0.25) is 19.4 Å². The molecule has 6 fully saturated rings. The molecule has 0 spiro atoms. The first-order valence-electron chi connectivity index (χ1n) is 5.28. The van der Waals surface area contributed by atoms with E-state index in [1.165, 1.54) is 0 Å². The minimum absolute atomic E-state index is 0.293. The van der Waals surface area contributed by atoms with Gasteiger partial charge in [0.05, 0.1) is 23.7 Å². The summed E-state index contributed by atoms with van der Waals surface area (Å²) in [5, 5.41) is 0. The van der Waals surface area contributed by atoms with Crippen LogP contribution in [0.4, 0.5) is 0 Å². The largest absolute Gasteiger partial charge is 0.404 e. The summed E-state index contributed by atoms with van der Waals surface area (Å²) in [6, 6.07) is 0. The van der Waals surface area contributed by atoms with Gasteiger partial charge in [-0.1, -0.05) is 0 Å². The first kappa shape index (κ1) is 7.27. The zero-order valence-corrected chi connectivity index (χ0v) is 8.10. The molecule has 6 aliphatic rings. The van der Waals surface area contributed by atoms with E-state index in [1.807, 2.05) is 0 Å². The lowest BCUT2D eigenvalue weighted by Gasteiger charge is -2.95. The van der Waals surface area contributed by atoms with Gasteiger partial charge in [0, 0.05) is 0 Å². The minimum Gasteiger partial charge on any atom is -0.291 e. The fraction of sp³-hybridized carbons (Fsp3) is 0.667. The molecule has 4 nitrogen and oxygen atoms in total. The Morgan fingerprint density at radius 2 is 0.688 bits per heavy atom. The molecule has 0 unspecified atom stereocenters. The van der Waals surface area contributed by atoms with Crippen LogP contribution in [0.1, 0.15) is 0 Å². The van der Waals surface area contributed by atoms with Gasteiger partial charge in [0.25, 0.3) is 0 Å². The topological polar surface area (TPSA) is 17.4 Å². The van der Waals surface area contributed by atoms with E-state index in [2.05, 4.69) is 19.4 Å². The Hall–Kier alpha value is -2.04. The van der Waals surface area contributed by atoms with Crippen molar-refractivity contribution in [2.75, 3.05) is 0 Å². The van der Waals surface area contributed by atoms with Gasteiger partial charge in [0.1, 0.15) is 0 Å². The predicted molar refractivity (Wildman–Crippen MR) is 51.3 cm³/mol. The lowest BCUT2D eigenvalue weighted by molar-refractivity contribution is -0.547. The van der Waals surface area contributed by atoms with Gasteiger partial charge in [-0.15, -0.1) is 0 Å². The molecule has 0 aromatic heterocycles. The number of hydrogen-bond donors (Lipinski definition) is 0. The molecule has 0 bridgehead atoms. The highest BCUT2D eigenvalue weighted by molar-refractivity contribution is 5.86. The summed E-state index contributed by atoms with van der Waals surface area (Å²) in [6.07, 6.45) is 0. The van der Waals surface area contributed by atoms with E-state index in [9.17, 15) is 0 Å². The highest BCUT2D eigenvalue weighted by Gasteiger charge is 3.43. The third-order valence-corrected chi connectivity index (χ3v) is 6.51. The fourth-order valence-corrected chi connectivity index (χ4v) is 6.55. The van der Waals surface area contributed by atoms with Gasteiger partial charge < -0.3 is 0 Å². The van der Waals surface area contributed by atoms with E-state index >= 15 is 0 Å². The van der Waals surface area contributed by atoms with Crippen LogP contribution >= 0.6 is 0 Å². The molecule has 72 valence electrons. The molecule has 0 aromatic carbocycles. The maximum absolute atomic E-state index is 7.38. The highest BCUT2D eigenvalue weighted by atomic mass is 15.5. The van der Waals surface area contributed by atoms with Gasteiger partial charge in [0.15, 0.2) is 0 Å². The molecule has 0 saturated heterocycles. The van der Waals surface area contributed by atoms with Gasteiger partial charge in [0.2, 0.25) is 0 Å². The SMILES string of the molecule is [C-]#[N+]C12C3C4C5C3C1([N+]#[C-])C5([N+]#[C-])C42[N+]#[C-]. The van der Waals surface area contributed by atoms with Crippen LogP contribution in [0.3, 0.4) is 0 Å². The average Bonchev–Trinajstić information content (AvgIpc) is 2.35. The van der Waals surface area contributed by atoms with Crippen LogP contribution in [0.25, 0.3) is 19.4 Å². The summed E-state index contributed by atoms with van der Waals surface area (Å²) in [6.45, 7) is 29.5. The van der Waals surface area contributed by atoms with Crippen LogP contribution in [0.15, 0.2) is 0 Å². The molecule has 0 aliphatic heterocycles. The molecule has 16 heavy (non-hydrogen) atoms. The first-order chi connectivity index (χ1) is 7.73. The van der Waals surface area contributed by atoms with Crippen molar-refractivity contribution < 1.29 is 0 Å². The molecule has 0 amide bonds. The molecule has 6 rings (SSSR count). The second kappa shape index (κ2) is 1.29. The Bertz CT molecular complexity index is 540. The third-order valence-electron chi connectivity index (χ3n) is 6.51. The first-order valence-corrected chi connectivity index (χ1v) is 5.28. The van der Waals surface area contributed by atoms with Crippen LogP contribution in [0.2, 0.25) is 0 Å². The van der Waals surface area contributed by atoms with Crippen LogP contribution < -0.4 is 0 Å². The lowest BCUT2D eigenvalue weighted by Crippen LogP contribution is -3.27. The summed E-state index contributed by atoms with van der Waals surface area (Å²) >= 11 is 0. The zero-order valence-electron chi connectivity index (χ0n) is 8.10. The van der Waals surface area contributed by atoms with E-state index in [4.69, 9.17) is 26.3 Å². The van der Waals surface area contributed by atoms with Crippen molar-refractivity contribution >= 4 is 0 Å². The summed E-state index contributed by atoms with van der Waals surface area (Å²) in [4.78, 5) is 14.7. The molecule has 6 saturated carbocycles. The molecule has 6 aliphatic carbocycles. The summed E-state index contributed by atoms with van der Waals surface area (Å²) < 4.78 is 0. The van der Waals surface area contributed by atoms with Crippen LogP contribution in [0.5, 0.6) is 0 Å². The van der Waals surface area contributed by atoms with Crippen molar-refractivity contribution in [2.24, 2.45) is 23.7 Å². The Balaban J connectivity index is 1.90. The van der Waals surface area contributed by atoms with Crippen LogP contribution in [0, 0.1) is 50.0 Å². The second-order valence-electron chi connectivity index (χ2n) is 5.62. The monoisotopic (exact) mass is 204 g/mol. The molecule has 4 heteroatoms. The maximum Gasteiger partial charge on any atom is 0.404 e. The Labute approximate surface area is 92.1 Å². The quantitative estimate of drug-likeness (QED) is 0.527. The zero-order chi connectivity index (χ0) is 11.1. The highest BCUT2D eigenvalue weighted by Crippen LogP contribution is 3.09. The van der Waals surface area contributed by atoms with E-state index in [1.54, 1.807) is 0 Å². The Morgan fingerprint density at radius 3 is 0.812 bits per heavy atom. The van der Waals surface area contributed by atoms with Gasteiger partial charge in [-0.25, -0.2) is 26.3 Å². The molecular weight excluding hydrogens is 200 g/mol. The van der Waals surface area contributed by atoms with E-state index < -0.39 is 22.2 Å². The molecule has 0 radical (unpaired) electrons. The smallest absolute Gasteiger partial charge is 0.291 e. The Kier molecular flexibility index (Phi) is 0.584. The summed E-state index contributed by atoms with van der Waals surface area (Å²) in [5.41, 5.74) is -3.06. The standard InChI is InChI=1S/C12H4N4/c1-13-9-5-6-8-7(5)11(9,15-3)12(8,16-4)10(6,9)14-2/h5-8H. The summed E-state index contributed by atoms with van der Waals surface area (Å²) in [7, 11) is 0. The number of hydrogen-bond acceptors (Lipinski definition) is 0. The third kappa shape index (κ3) is 0.194. The number of nitrogens with zero attached hydrogens (tertiary/aromatic N) is 4. The van der Waals surface area contributed by atoms with Crippen molar-refractivity contribution in [1.82, 2.24) is 0 Å². The van der Waals surface area contributed by atoms with Crippen LogP contribution in [-0.4, -0.2) is 22.2 Å². The molecule has 0 aromatic rings. The van der Waals surface area contributed by atoms with Crippen molar-refractivity contribution in [3.05, 3.63) is 45.7 Å². The Morgan fingerprint density at radius 1 is 0.500 bits per heavy atom. The van der Waals surface area contributed by atoms with Crippen molar-refractivity contribution in [3.8, 4) is 0 Å². The normalized spacial score (nSPS) is 76.2. The van der Waals surface area contributed by atoms with Gasteiger partial charge in [-0.05, 0) is 0 Å². The fourth-order valence-electron chi connectivity index (χ4n) is 6.55.